The predicted octanol–water partition coefficient (Wildman–Crippen LogP) is 4.15. The molecule has 0 atom stereocenters. The number of carbonyl (C=O) groups excluding carboxylic acids is 1. The van der Waals surface area contributed by atoms with Crippen LogP contribution in [0, 0.1) is 5.92 Å². The number of carbonyl (C=O) groups is 1. The number of imidazole rings is 1. The molecule has 3 aromatic rings. The number of nitrogens with zero attached hydrogens (tertiary/aromatic N) is 3. The van der Waals surface area contributed by atoms with E-state index in [1.807, 2.05) is 41.4 Å². The monoisotopic (exact) mass is 347 g/mol. The van der Waals surface area contributed by atoms with Crippen LogP contribution in [0.5, 0.6) is 0 Å². The number of fused-ring (bicyclic) bond motifs is 1. The molecule has 0 unspecified atom stereocenters. The molecule has 1 saturated heterocycles. The van der Waals surface area contributed by atoms with Crippen molar-refractivity contribution in [2.24, 2.45) is 5.92 Å². The van der Waals surface area contributed by atoms with Gasteiger partial charge in [-0.15, -0.1) is 0 Å². The zero-order chi connectivity index (χ0) is 17.9. The highest BCUT2D eigenvalue weighted by Gasteiger charge is 2.24. The molecule has 0 saturated carbocycles. The van der Waals surface area contributed by atoms with Crippen molar-refractivity contribution in [3.8, 4) is 0 Å². The minimum Gasteiger partial charge on any atom is -0.339 e. The minimum atomic E-state index is 0.158. The Labute approximate surface area is 154 Å². The van der Waals surface area contributed by atoms with E-state index in [-0.39, 0.29) is 5.91 Å². The number of likely N-dealkylation sites (tertiary alicyclic amines) is 1. The molecule has 4 nitrogen and oxygen atoms in total. The third-order valence-corrected chi connectivity index (χ3v) is 5.47. The molecule has 134 valence electrons. The molecule has 4 rings (SSSR count). The lowest BCUT2D eigenvalue weighted by atomic mass is 9.96. The molecule has 0 N–H and O–H groups in total. The van der Waals surface area contributed by atoms with Gasteiger partial charge in [-0.1, -0.05) is 37.3 Å². The SMILES string of the molecule is CCc1nccn1CC1CCN(C(=O)c2ccc3ccccc3c2)CC1. The topological polar surface area (TPSA) is 38.1 Å². The second-order valence-corrected chi connectivity index (χ2v) is 7.15. The van der Waals surface area contributed by atoms with Gasteiger partial charge in [0.1, 0.15) is 5.82 Å². The van der Waals surface area contributed by atoms with E-state index in [1.54, 1.807) is 0 Å². The molecule has 0 spiro atoms. The number of benzene rings is 2. The van der Waals surface area contributed by atoms with Crippen molar-refractivity contribution < 1.29 is 4.79 Å². The van der Waals surface area contributed by atoms with E-state index in [0.29, 0.717) is 5.92 Å². The first-order chi connectivity index (χ1) is 12.7. The molecule has 4 heteroatoms. The van der Waals surface area contributed by atoms with Crippen LogP contribution in [0.4, 0.5) is 0 Å². The highest BCUT2D eigenvalue weighted by molar-refractivity contribution is 5.98. The van der Waals surface area contributed by atoms with Crippen LogP contribution in [0.3, 0.4) is 0 Å². The molecular formula is C22H25N3O. The lowest BCUT2D eigenvalue weighted by molar-refractivity contribution is 0.0682. The van der Waals surface area contributed by atoms with Gasteiger partial charge in [-0.05, 0) is 41.7 Å². The zero-order valence-electron chi connectivity index (χ0n) is 15.3. The van der Waals surface area contributed by atoms with Gasteiger partial charge < -0.3 is 9.47 Å². The summed E-state index contributed by atoms with van der Waals surface area (Å²) in [6.45, 7) is 4.84. The van der Waals surface area contributed by atoms with Crippen molar-refractivity contribution >= 4 is 16.7 Å². The van der Waals surface area contributed by atoms with Gasteiger partial charge in [-0.2, -0.15) is 0 Å². The van der Waals surface area contributed by atoms with Gasteiger partial charge in [-0.3, -0.25) is 4.79 Å². The standard InChI is InChI=1S/C22H25N3O/c1-2-21-23-11-14-25(21)16-17-9-12-24(13-10-17)22(26)20-8-7-18-5-3-4-6-19(18)15-20/h3-8,11,14-15,17H,2,9-10,12-13,16H2,1H3. The van der Waals surface area contributed by atoms with Gasteiger partial charge >= 0.3 is 0 Å². The number of piperidine rings is 1. The van der Waals surface area contributed by atoms with Crippen molar-refractivity contribution in [1.29, 1.82) is 0 Å². The normalized spacial score (nSPS) is 15.5. The summed E-state index contributed by atoms with van der Waals surface area (Å²) in [5.41, 5.74) is 0.796. The Bertz CT molecular complexity index is 906. The van der Waals surface area contributed by atoms with Gasteiger partial charge in [0.25, 0.3) is 5.91 Å². The molecule has 1 aliphatic rings. The summed E-state index contributed by atoms with van der Waals surface area (Å²) >= 11 is 0. The molecule has 1 fully saturated rings. The number of aryl methyl sites for hydroxylation is 1. The van der Waals surface area contributed by atoms with Crippen LogP contribution >= 0.6 is 0 Å². The van der Waals surface area contributed by atoms with E-state index in [2.05, 4.69) is 34.8 Å². The molecule has 0 radical (unpaired) electrons. The second-order valence-electron chi connectivity index (χ2n) is 7.15. The number of hydrogen-bond donors (Lipinski definition) is 0. The van der Waals surface area contributed by atoms with Crippen LogP contribution in [-0.2, 0) is 13.0 Å². The van der Waals surface area contributed by atoms with Crippen molar-refractivity contribution in [3.63, 3.8) is 0 Å². The number of rotatable bonds is 4. The maximum Gasteiger partial charge on any atom is 0.253 e. The van der Waals surface area contributed by atoms with E-state index in [0.717, 1.165) is 55.7 Å². The molecule has 2 heterocycles. The number of hydrogen-bond acceptors (Lipinski definition) is 2. The molecule has 0 aliphatic carbocycles. The summed E-state index contributed by atoms with van der Waals surface area (Å²) in [6, 6.07) is 14.2. The fourth-order valence-electron chi connectivity index (χ4n) is 3.92. The van der Waals surface area contributed by atoms with E-state index >= 15 is 0 Å². The van der Waals surface area contributed by atoms with Crippen LogP contribution in [-0.4, -0.2) is 33.4 Å². The van der Waals surface area contributed by atoms with Gasteiger partial charge in [0, 0.05) is 44.0 Å². The van der Waals surface area contributed by atoms with Gasteiger partial charge in [-0.25, -0.2) is 4.98 Å². The smallest absolute Gasteiger partial charge is 0.253 e. The lowest BCUT2D eigenvalue weighted by Gasteiger charge is -2.32. The van der Waals surface area contributed by atoms with Gasteiger partial charge in [0.2, 0.25) is 0 Å². The minimum absolute atomic E-state index is 0.158. The summed E-state index contributed by atoms with van der Waals surface area (Å²) < 4.78 is 2.27. The van der Waals surface area contributed by atoms with Crippen LogP contribution in [0.15, 0.2) is 54.9 Å². The molecular weight excluding hydrogens is 322 g/mol. The first kappa shape index (κ1) is 16.8. The maximum absolute atomic E-state index is 12.9. The molecule has 1 aliphatic heterocycles. The van der Waals surface area contributed by atoms with Crippen LogP contribution in [0.25, 0.3) is 10.8 Å². The molecule has 26 heavy (non-hydrogen) atoms. The lowest BCUT2D eigenvalue weighted by Crippen LogP contribution is -2.39. The molecule has 1 aromatic heterocycles. The molecule has 1 amide bonds. The van der Waals surface area contributed by atoms with Crippen molar-refractivity contribution in [2.45, 2.75) is 32.7 Å². The van der Waals surface area contributed by atoms with Gasteiger partial charge in [0.05, 0.1) is 0 Å². The summed E-state index contributed by atoms with van der Waals surface area (Å²) in [7, 11) is 0. The second kappa shape index (κ2) is 7.32. The Balaban J connectivity index is 1.39. The summed E-state index contributed by atoms with van der Waals surface area (Å²) in [5, 5.41) is 2.30. The highest BCUT2D eigenvalue weighted by Crippen LogP contribution is 2.23. The van der Waals surface area contributed by atoms with Crippen molar-refractivity contribution in [3.05, 3.63) is 66.2 Å². The Kier molecular flexibility index (Phi) is 4.74. The Hall–Kier alpha value is -2.62. The average Bonchev–Trinajstić information content (AvgIpc) is 3.15. The fourth-order valence-corrected chi connectivity index (χ4v) is 3.92. The summed E-state index contributed by atoms with van der Waals surface area (Å²) in [4.78, 5) is 19.3. The van der Waals surface area contributed by atoms with Crippen molar-refractivity contribution in [2.75, 3.05) is 13.1 Å². The summed E-state index contributed by atoms with van der Waals surface area (Å²) in [6.07, 6.45) is 7.04. The Morgan fingerprint density at radius 2 is 1.88 bits per heavy atom. The van der Waals surface area contributed by atoms with Gasteiger partial charge in [0.15, 0.2) is 0 Å². The quantitative estimate of drug-likeness (QED) is 0.711. The third-order valence-electron chi connectivity index (χ3n) is 5.47. The highest BCUT2D eigenvalue weighted by atomic mass is 16.2. The molecule has 0 bridgehead atoms. The van der Waals surface area contributed by atoms with Crippen LogP contribution in [0.1, 0.15) is 35.9 Å². The van der Waals surface area contributed by atoms with E-state index in [9.17, 15) is 4.79 Å². The van der Waals surface area contributed by atoms with E-state index < -0.39 is 0 Å². The fraction of sp³-hybridized carbons (Fsp3) is 0.364. The summed E-state index contributed by atoms with van der Waals surface area (Å²) in [5.74, 6) is 1.93. The van der Waals surface area contributed by atoms with Crippen LogP contribution < -0.4 is 0 Å². The first-order valence-corrected chi connectivity index (χ1v) is 9.52. The van der Waals surface area contributed by atoms with Crippen LogP contribution in [0.2, 0.25) is 0 Å². The predicted molar refractivity (Wildman–Crippen MR) is 104 cm³/mol. The average molecular weight is 347 g/mol. The zero-order valence-corrected chi connectivity index (χ0v) is 15.3. The molecule has 2 aromatic carbocycles. The maximum atomic E-state index is 12.9. The first-order valence-electron chi connectivity index (χ1n) is 9.52. The largest absolute Gasteiger partial charge is 0.339 e. The third kappa shape index (κ3) is 3.36. The van der Waals surface area contributed by atoms with E-state index in [4.69, 9.17) is 0 Å². The number of aromatic nitrogens is 2. The Morgan fingerprint density at radius 3 is 2.65 bits per heavy atom. The van der Waals surface area contributed by atoms with Crippen molar-refractivity contribution in [1.82, 2.24) is 14.5 Å². The number of amides is 1. The Morgan fingerprint density at radius 1 is 1.12 bits per heavy atom. The van der Waals surface area contributed by atoms with E-state index in [1.165, 1.54) is 5.39 Å².